The number of nitrogens with one attached hydrogen (secondary N) is 1. The highest BCUT2D eigenvalue weighted by atomic mass is 79.9. The van der Waals surface area contributed by atoms with Crippen molar-refractivity contribution in [3.63, 3.8) is 0 Å². The van der Waals surface area contributed by atoms with Crippen molar-refractivity contribution in [3.8, 4) is 0 Å². The fourth-order valence-electron chi connectivity index (χ4n) is 2.38. The highest BCUT2D eigenvalue weighted by Crippen LogP contribution is 2.32. The number of hydrogen-bond donors (Lipinski definition) is 2. The largest absolute Gasteiger partial charge is 0.294 e. The average molecular weight is 297 g/mol. The number of alkyl halides is 1. The molecule has 0 bridgehead atoms. The molecule has 1 fully saturated rings. The molecule has 0 heterocycles. The predicted molar refractivity (Wildman–Crippen MR) is 71.9 cm³/mol. The van der Waals surface area contributed by atoms with Gasteiger partial charge in [0.1, 0.15) is 0 Å². The summed E-state index contributed by atoms with van der Waals surface area (Å²) in [5.74, 6) is 5.75. The molecule has 0 amide bonds. The summed E-state index contributed by atoms with van der Waals surface area (Å²) in [5.41, 5.74) is 3.60. The van der Waals surface area contributed by atoms with Crippen molar-refractivity contribution in [1.82, 2.24) is 5.43 Å². The maximum atomic E-state index is 12.3. The van der Waals surface area contributed by atoms with Crippen LogP contribution < -0.4 is 11.3 Å². The van der Waals surface area contributed by atoms with Crippen LogP contribution in [0.4, 0.5) is 0 Å². The van der Waals surface area contributed by atoms with Gasteiger partial charge in [-0.05, 0) is 19.3 Å². The lowest BCUT2D eigenvalue weighted by atomic mass is 9.81. The molecule has 1 aromatic carbocycles. The first kappa shape index (κ1) is 12.7. The van der Waals surface area contributed by atoms with Crippen LogP contribution in [-0.2, 0) is 0 Å². The summed E-state index contributed by atoms with van der Waals surface area (Å²) in [6, 6.07) is 9.83. The number of halogens is 1. The van der Waals surface area contributed by atoms with Crippen LogP contribution in [0.25, 0.3) is 0 Å². The molecule has 0 aromatic heterocycles. The molecule has 1 aromatic rings. The Kier molecular flexibility index (Phi) is 4.31. The first-order chi connectivity index (χ1) is 8.22. The van der Waals surface area contributed by atoms with Gasteiger partial charge in [0, 0.05) is 22.4 Å². The average Bonchev–Trinajstić information content (AvgIpc) is 2.39. The number of carbonyl (C=O) groups is 1. The van der Waals surface area contributed by atoms with Gasteiger partial charge in [0.2, 0.25) is 0 Å². The second kappa shape index (κ2) is 5.76. The molecule has 0 radical (unpaired) electrons. The molecule has 0 aliphatic heterocycles. The number of ketones is 1. The monoisotopic (exact) mass is 296 g/mol. The zero-order valence-corrected chi connectivity index (χ0v) is 11.2. The molecule has 4 heteroatoms. The molecule has 1 aliphatic rings. The van der Waals surface area contributed by atoms with E-state index < -0.39 is 0 Å². The van der Waals surface area contributed by atoms with Gasteiger partial charge >= 0.3 is 0 Å². The van der Waals surface area contributed by atoms with Crippen molar-refractivity contribution in [2.24, 2.45) is 11.8 Å². The van der Waals surface area contributed by atoms with Crippen LogP contribution in [0.15, 0.2) is 30.3 Å². The Morgan fingerprint density at radius 3 is 2.59 bits per heavy atom. The van der Waals surface area contributed by atoms with Crippen LogP contribution in [0, 0.1) is 5.92 Å². The van der Waals surface area contributed by atoms with Crippen molar-refractivity contribution in [3.05, 3.63) is 35.9 Å². The highest BCUT2D eigenvalue weighted by Gasteiger charge is 2.33. The van der Waals surface area contributed by atoms with Crippen LogP contribution in [0.5, 0.6) is 0 Å². The number of rotatable bonds is 3. The van der Waals surface area contributed by atoms with Gasteiger partial charge < -0.3 is 0 Å². The maximum absolute atomic E-state index is 12.3. The molecule has 3 atom stereocenters. The summed E-state index contributed by atoms with van der Waals surface area (Å²) < 4.78 is 0. The summed E-state index contributed by atoms with van der Waals surface area (Å²) >= 11 is 3.62. The van der Waals surface area contributed by atoms with E-state index in [0.29, 0.717) is 6.04 Å². The lowest BCUT2D eigenvalue weighted by Crippen LogP contribution is -2.43. The van der Waals surface area contributed by atoms with Gasteiger partial charge in [-0.3, -0.25) is 16.1 Å². The number of hydrogen-bond acceptors (Lipinski definition) is 3. The van der Waals surface area contributed by atoms with Gasteiger partial charge in [-0.2, -0.15) is 0 Å². The van der Waals surface area contributed by atoms with Gasteiger partial charge in [0.05, 0.1) is 0 Å². The predicted octanol–water partition coefficient (Wildman–Crippen LogP) is 2.26. The van der Waals surface area contributed by atoms with Crippen LogP contribution in [0.2, 0.25) is 0 Å². The van der Waals surface area contributed by atoms with Gasteiger partial charge in [-0.25, -0.2) is 0 Å². The van der Waals surface area contributed by atoms with E-state index >= 15 is 0 Å². The Balaban J connectivity index is 2.06. The van der Waals surface area contributed by atoms with Gasteiger partial charge in [0.25, 0.3) is 0 Å². The van der Waals surface area contributed by atoms with E-state index in [2.05, 4.69) is 21.4 Å². The lowest BCUT2D eigenvalue weighted by Gasteiger charge is -2.31. The first-order valence-corrected chi connectivity index (χ1v) is 6.83. The third-order valence-corrected chi connectivity index (χ3v) is 4.42. The highest BCUT2D eigenvalue weighted by molar-refractivity contribution is 9.09. The molecule has 3 N–H and O–H groups in total. The minimum Gasteiger partial charge on any atom is -0.294 e. The van der Waals surface area contributed by atoms with Crippen LogP contribution in [0.3, 0.4) is 0 Å². The fourth-order valence-corrected chi connectivity index (χ4v) is 3.33. The zero-order chi connectivity index (χ0) is 12.3. The summed E-state index contributed by atoms with van der Waals surface area (Å²) in [7, 11) is 0. The standard InChI is InChI=1S/C13H17BrN2O/c14-12-8-10(16-15)6-7-11(12)13(17)9-4-2-1-3-5-9/h1-5,10-12,16H,6-8,15H2. The molecule has 0 saturated heterocycles. The Morgan fingerprint density at radius 2 is 2.00 bits per heavy atom. The van der Waals surface area contributed by atoms with E-state index in [1.807, 2.05) is 30.3 Å². The third kappa shape index (κ3) is 2.94. The minimum absolute atomic E-state index is 0.0713. The minimum atomic E-state index is 0.0713. The smallest absolute Gasteiger partial charge is 0.167 e. The van der Waals surface area contributed by atoms with E-state index in [9.17, 15) is 4.79 Å². The molecule has 2 rings (SSSR count). The van der Waals surface area contributed by atoms with E-state index in [4.69, 9.17) is 5.84 Å². The fraction of sp³-hybridized carbons (Fsp3) is 0.462. The lowest BCUT2D eigenvalue weighted by molar-refractivity contribution is 0.0888. The Labute approximate surface area is 110 Å². The van der Waals surface area contributed by atoms with Crippen LogP contribution in [-0.4, -0.2) is 16.7 Å². The second-order valence-corrected chi connectivity index (χ2v) is 5.71. The van der Waals surface area contributed by atoms with Crippen molar-refractivity contribution >= 4 is 21.7 Å². The number of benzene rings is 1. The summed E-state index contributed by atoms with van der Waals surface area (Å²) in [4.78, 5) is 12.5. The number of Topliss-reactive ketones (excluding diaryl/α,β-unsaturated/α-hetero) is 1. The van der Waals surface area contributed by atoms with Gasteiger partial charge in [0.15, 0.2) is 5.78 Å². The molecule has 3 nitrogen and oxygen atoms in total. The van der Waals surface area contributed by atoms with Crippen LogP contribution in [0.1, 0.15) is 29.6 Å². The first-order valence-electron chi connectivity index (χ1n) is 5.92. The molecule has 1 aliphatic carbocycles. The number of nitrogens with two attached hydrogens (primary N) is 1. The van der Waals surface area contributed by atoms with Crippen molar-refractivity contribution < 1.29 is 4.79 Å². The van der Waals surface area contributed by atoms with Crippen molar-refractivity contribution in [1.29, 1.82) is 0 Å². The van der Waals surface area contributed by atoms with E-state index in [1.54, 1.807) is 0 Å². The number of carbonyl (C=O) groups excluding carboxylic acids is 1. The third-order valence-electron chi connectivity index (χ3n) is 3.40. The molecule has 1 saturated carbocycles. The van der Waals surface area contributed by atoms with Crippen molar-refractivity contribution in [2.45, 2.75) is 30.1 Å². The Morgan fingerprint density at radius 1 is 1.29 bits per heavy atom. The van der Waals surface area contributed by atoms with E-state index in [0.717, 1.165) is 24.8 Å². The maximum Gasteiger partial charge on any atom is 0.167 e. The number of hydrazine groups is 1. The molecule has 3 unspecified atom stereocenters. The molecule has 17 heavy (non-hydrogen) atoms. The Hall–Kier alpha value is -0.710. The van der Waals surface area contributed by atoms with Crippen LogP contribution >= 0.6 is 15.9 Å². The van der Waals surface area contributed by atoms with E-state index in [-0.39, 0.29) is 16.5 Å². The molecule has 0 spiro atoms. The summed E-state index contributed by atoms with van der Waals surface area (Å²) in [6.07, 6.45) is 2.75. The van der Waals surface area contributed by atoms with Crippen molar-refractivity contribution in [2.75, 3.05) is 0 Å². The molecule has 92 valence electrons. The summed E-state index contributed by atoms with van der Waals surface area (Å²) in [5, 5.41) is 0. The second-order valence-electron chi connectivity index (χ2n) is 4.53. The zero-order valence-electron chi connectivity index (χ0n) is 9.60. The SMILES string of the molecule is NNC1CCC(C(=O)c2ccccc2)C(Br)C1. The normalized spacial score (nSPS) is 28.9. The van der Waals surface area contributed by atoms with Gasteiger partial charge in [-0.1, -0.05) is 46.3 Å². The van der Waals surface area contributed by atoms with E-state index in [1.165, 1.54) is 0 Å². The van der Waals surface area contributed by atoms with Gasteiger partial charge in [-0.15, -0.1) is 0 Å². The Bertz CT molecular complexity index is 382. The molecular weight excluding hydrogens is 280 g/mol. The quantitative estimate of drug-likeness (QED) is 0.389. The molecular formula is C13H17BrN2O. The summed E-state index contributed by atoms with van der Waals surface area (Å²) in [6.45, 7) is 0. The topological polar surface area (TPSA) is 55.1 Å².